The monoisotopic (exact) mass is 271 g/mol. The number of benzene rings is 1. The molecule has 0 heterocycles. The Morgan fingerprint density at radius 2 is 2.22 bits per heavy atom. The fourth-order valence-corrected chi connectivity index (χ4v) is 1.66. The Hall–Kier alpha value is -1.26. The summed E-state index contributed by atoms with van der Waals surface area (Å²) in [6, 6.07) is 5.39. The lowest BCUT2D eigenvalue weighted by Gasteiger charge is -2.16. The third-order valence-electron chi connectivity index (χ3n) is 2.52. The standard InChI is InChI=1S/C13H18ClNO3/c1-4-17-13(16)8-18-12-6-5-10(14)7-11(12)9(2)15-3/h5-7,9,15H,4,8H2,1-3H3. The van der Waals surface area contributed by atoms with Crippen LogP contribution in [0, 0.1) is 0 Å². The highest BCUT2D eigenvalue weighted by Gasteiger charge is 2.12. The zero-order chi connectivity index (χ0) is 13.5. The topological polar surface area (TPSA) is 47.6 Å². The second-order valence-corrected chi connectivity index (χ2v) is 4.22. The number of nitrogens with one attached hydrogen (secondary N) is 1. The van der Waals surface area contributed by atoms with Gasteiger partial charge in [-0.3, -0.25) is 0 Å². The molecule has 0 aromatic heterocycles. The van der Waals surface area contributed by atoms with Crippen LogP contribution >= 0.6 is 11.6 Å². The van der Waals surface area contributed by atoms with Crippen molar-refractivity contribution in [2.24, 2.45) is 0 Å². The first kappa shape index (κ1) is 14.8. The molecule has 1 N–H and O–H groups in total. The second kappa shape index (κ2) is 7.24. The number of esters is 1. The summed E-state index contributed by atoms with van der Waals surface area (Å²) in [6.45, 7) is 4.00. The molecular formula is C13H18ClNO3. The van der Waals surface area contributed by atoms with E-state index in [1.165, 1.54) is 0 Å². The van der Waals surface area contributed by atoms with E-state index in [0.717, 1.165) is 5.56 Å². The molecule has 100 valence electrons. The first-order valence-electron chi connectivity index (χ1n) is 5.83. The molecule has 0 amide bonds. The Kier molecular flexibility index (Phi) is 5.95. The van der Waals surface area contributed by atoms with E-state index in [4.69, 9.17) is 21.1 Å². The van der Waals surface area contributed by atoms with Crippen LogP contribution in [0.1, 0.15) is 25.5 Å². The summed E-state index contributed by atoms with van der Waals surface area (Å²) in [7, 11) is 1.85. The van der Waals surface area contributed by atoms with Gasteiger partial charge in [0.05, 0.1) is 6.61 Å². The van der Waals surface area contributed by atoms with Crippen molar-refractivity contribution in [3.63, 3.8) is 0 Å². The zero-order valence-electron chi connectivity index (χ0n) is 10.8. The third-order valence-corrected chi connectivity index (χ3v) is 2.76. The Labute approximate surface area is 112 Å². The van der Waals surface area contributed by atoms with E-state index in [9.17, 15) is 4.79 Å². The van der Waals surface area contributed by atoms with Crippen molar-refractivity contribution < 1.29 is 14.3 Å². The van der Waals surface area contributed by atoms with Gasteiger partial charge in [-0.05, 0) is 39.1 Å². The van der Waals surface area contributed by atoms with Gasteiger partial charge in [0.2, 0.25) is 0 Å². The average Bonchev–Trinajstić information content (AvgIpc) is 2.36. The highest BCUT2D eigenvalue weighted by molar-refractivity contribution is 6.30. The van der Waals surface area contributed by atoms with Crippen molar-refractivity contribution in [3.05, 3.63) is 28.8 Å². The predicted octanol–water partition coefficient (Wildman–Crippen LogP) is 2.56. The molecule has 0 saturated carbocycles. The number of ether oxygens (including phenoxy) is 2. The van der Waals surface area contributed by atoms with Crippen molar-refractivity contribution in [2.75, 3.05) is 20.3 Å². The van der Waals surface area contributed by atoms with Gasteiger partial charge in [0.25, 0.3) is 0 Å². The minimum Gasteiger partial charge on any atom is -0.482 e. The molecule has 0 radical (unpaired) electrons. The lowest BCUT2D eigenvalue weighted by atomic mass is 10.1. The Bertz CT molecular complexity index is 409. The van der Waals surface area contributed by atoms with Crippen molar-refractivity contribution in [2.45, 2.75) is 19.9 Å². The van der Waals surface area contributed by atoms with Gasteiger partial charge in [0, 0.05) is 16.6 Å². The molecule has 0 aliphatic carbocycles. The summed E-state index contributed by atoms with van der Waals surface area (Å²) < 4.78 is 10.3. The summed E-state index contributed by atoms with van der Waals surface area (Å²) >= 11 is 5.96. The molecule has 1 rings (SSSR count). The van der Waals surface area contributed by atoms with Gasteiger partial charge >= 0.3 is 5.97 Å². The molecule has 4 nitrogen and oxygen atoms in total. The van der Waals surface area contributed by atoms with Gasteiger partial charge < -0.3 is 14.8 Å². The van der Waals surface area contributed by atoms with Crippen LogP contribution in [-0.4, -0.2) is 26.2 Å². The van der Waals surface area contributed by atoms with Gasteiger partial charge in [0.15, 0.2) is 6.61 Å². The molecule has 1 unspecified atom stereocenters. The van der Waals surface area contributed by atoms with Gasteiger partial charge in [0.1, 0.15) is 5.75 Å². The molecule has 0 spiro atoms. The molecule has 0 saturated heterocycles. The highest BCUT2D eigenvalue weighted by Crippen LogP contribution is 2.28. The molecule has 0 aliphatic rings. The van der Waals surface area contributed by atoms with E-state index in [1.54, 1.807) is 19.1 Å². The molecule has 1 aromatic carbocycles. The lowest BCUT2D eigenvalue weighted by molar-refractivity contribution is -0.145. The van der Waals surface area contributed by atoms with Crippen LogP contribution in [0.5, 0.6) is 5.75 Å². The molecular weight excluding hydrogens is 254 g/mol. The highest BCUT2D eigenvalue weighted by atomic mass is 35.5. The smallest absolute Gasteiger partial charge is 0.344 e. The SMILES string of the molecule is CCOC(=O)COc1ccc(Cl)cc1C(C)NC. The van der Waals surface area contributed by atoms with Crippen LogP contribution in [0.25, 0.3) is 0 Å². The van der Waals surface area contributed by atoms with E-state index < -0.39 is 0 Å². The number of rotatable bonds is 6. The summed E-state index contributed by atoms with van der Waals surface area (Å²) in [4.78, 5) is 11.2. The summed E-state index contributed by atoms with van der Waals surface area (Å²) in [5.41, 5.74) is 0.911. The second-order valence-electron chi connectivity index (χ2n) is 3.79. The molecule has 0 bridgehead atoms. The van der Waals surface area contributed by atoms with E-state index in [0.29, 0.717) is 17.4 Å². The number of halogens is 1. The fraction of sp³-hybridized carbons (Fsp3) is 0.462. The van der Waals surface area contributed by atoms with Crippen LogP contribution in [0.2, 0.25) is 5.02 Å². The van der Waals surface area contributed by atoms with Crippen LogP contribution in [-0.2, 0) is 9.53 Å². The molecule has 0 aliphatic heterocycles. The van der Waals surface area contributed by atoms with Crippen LogP contribution in [0.15, 0.2) is 18.2 Å². The van der Waals surface area contributed by atoms with E-state index >= 15 is 0 Å². The quantitative estimate of drug-likeness (QED) is 0.808. The number of hydrogen-bond donors (Lipinski definition) is 1. The maximum Gasteiger partial charge on any atom is 0.344 e. The number of hydrogen-bond acceptors (Lipinski definition) is 4. The average molecular weight is 272 g/mol. The normalized spacial score (nSPS) is 12.0. The Morgan fingerprint density at radius 3 is 2.83 bits per heavy atom. The summed E-state index contributed by atoms with van der Waals surface area (Å²) in [5.74, 6) is 0.254. The fourth-order valence-electron chi connectivity index (χ4n) is 1.48. The molecule has 1 atom stereocenters. The van der Waals surface area contributed by atoms with Crippen molar-refractivity contribution >= 4 is 17.6 Å². The number of carbonyl (C=O) groups is 1. The third kappa shape index (κ3) is 4.20. The first-order valence-corrected chi connectivity index (χ1v) is 6.21. The van der Waals surface area contributed by atoms with Gasteiger partial charge in [-0.1, -0.05) is 11.6 Å². The molecule has 0 fully saturated rings. The zero-order valence-corrected chi connectivity index (χ0v) is 11.6. The minimum atomic E-state index is -0.379. The van der Waals surface area contributed by atoms with E-state index in [-0.39, 0.29) is 18.6 Å². The largest absolute Gasteiger partial charge is 0.482 e. The summed E-state index contributed by atoms with van der Waals surface area (Å²) in [6.07, 6.45) is 0. The first-order chi connectivity index (χ1) is 8.58. The van der Waals surface area contributed by atoms with E-state index in [2.05, 4.69) is 5.32 Å². The van der Waals surface area contributed by atoms with Gasteiger partial charge in [-0.25, -0.2) is 4.79 Å². The van der Waals surface area contributed by atoms with Crippen molar-refractivity contribution in [1.82, 2.24) is 5.32 Å². The maximum atomic E-state index is 11.2. The van der Waals surface area contributed by atoms with Crippen molar-refractivity contribution in [3.8, 4) is 5.75 Å². The number of carbonyl (C=O) groups excluding carboxylic acids is 1. The Morgan fingerprint density at radius 1 is 1.50 bits per heavy atom. The predicted molar refractivity (Wildman–Crippen MR) is 71.1 cm³/mol. The Balaban J connectivity index is 2.78. The van der Waals surface area contributed by atoms with Crippen LogP contribution in [0.3, 0.4) is 0 Å². The lowest BCUT2D eigenvalue weighted by Crippen LogP contribution is -2.17. The molecule has 5 heteroatoms. The van der Waals surface area contributed by atoms with Gasteiger partial charge in [-0.15, -0.1) is 0 Å². The summed E-state index contributed by atoms with van der Waals surface area (Å²) in [5, 5.41) is 3.74. The molecule has 18 heavy (non-hydrogen) atoms. The maximum absolute atomic E-state index is 11.2. The molecule has 1 aromatic rings. The minimum absolute atomic E-state index is 0.0842. The van der Waals surface area contributed by atoms with Gasteiger partial charge in [-0.2, -0.15) is 0 Å². The van der Waals surface area contributed by atoms with Crippen LogP contribution < -0.4 is 10.1 Å². The van der Waals surface area contributed by atoms with Crippen molar-refractivity contribution in [1.29, 1.82) is 0 Å². The van der Waals surface area contributed by atoms with Crippen LogP contribution in [0.4, 0.5) is 0 Å². The van der Waals surface area contributed by atoms with E-state index in [1.807, 2.05) is 20.0 Å².